The predicted octanol–water partition coefficient (Wildman–Crippen LogP) is 3.37. The Bertz CT molecular complexity index is 696. The average Bonchev–Trinajstić information content (AvgIpc) is 3.21. The van der Waals surface area contributed by atoms with Crippen LogP contribution in [0.15, 0.2) is 41.8 Å². The van der Waals surface area contributed by atoms with Gasteiger partial charge in [-0.2, -0.15) is 0 Å². The first kappa shape index (κ1) is 15.7. The van der Waals surface area contributed by atoms with E-state index in [0.717, 1.165) is 17.7 Å². The molecule has 5 heteroatoms. The van der Waals surface area contributed by atoms with Crippen molar-refractivity contribution in [2.45, 2.75) is 25.2 Å². The molecule has 0 aliphatic carbocycles. The molecule has 3 rings (SSSR count). The maximum atomic E-state index is 12.6. The summed E-state index contributed by atoms with van der Waals surface area (Å²) in [5.41, 5.74) is 1.99. The monoisotopic (exact) mass is 329 g/mol. The second-order valence-electron chi connectivity index (χ2n) is 5.62. The second kappa shape index (κ2) is 6.96. The summed E-state index contributed by atoms with van der Waals surface area (Å²) in [6.07, 6.45) is 1.55. The number of methoxy groups -OCH3 is 1. The van der Waals surface area contributed by atoms with Crippen molar-refractivity contribution in [3.8, 4) is 0 Å². The topological polar surface area (TPSA) is 46.6 Å². The molecule has 1 aromatic heterocycles. The molecule has 1 atom stereocenters. The summed E-state index contributed by atoms with van der Waals surface area (Å²) in [7, 11) is 1.40. The minimum absolute atomic E-state index is 0.0179. The van der Waals surface area contributed by atoms with Crippen molar-refractivity contribution in [3.63, 3.8) is 0 Å². The summed E-state index contributed by atoms with van der Waals surface area (Å²) in [5, 5.41) is 2.03. The molecule has 0 spiro atoms. The van der Waals surface area contributed by atoms with Crippen LogP contribution in [0.25, 0.3) is 0 Å². The van der Waals surface area contributed by atoms with Gasteiger partial charge in [-0.25, -0.2) is 0 Å². The molecular formula is C18H19NO3S. The SMILES string of the molecule is COC(=O)CC1CN(C(=O)CCc2cccs2)c2ccccc21. The predicted molar refractivity (Wildman–Crippen MR) is 90.8 cm³/mol. The van der Waals surface area contributed by atoms with Crippen molar-refractivity contribution in [2.75, 3.05) is 18.6 Å². The van der Waals surface area contributed by atoms with Gasteiger partial charge in [0.1, 0.15) is 0 Å². The largest absolute Gasteiger partial charge is 0.469 e. The van der Waals surface area contributed by atoms with Crippen molar-refractivity contribution in [2.24, 2.45) is 0 Å². The fourth-order valence-electron chi connectivity index (χ4n) is 3.01. The average molecular weight is 329 g/mol. The van der Waals surface area contributed by atoms with Gasteiger partial charge >= 0.3 is 5.97 Å². The van der Waals surface area contributed by atoms with E-state index in [1.54, 1.807) is 11.3 Å². The molecule has 2 heterocycles. The summed E-state index contributed by atoms with van der Waals surface area (Å²) in [4.78, 5) is 27.3. The standard InChI is InChI=1S/C18H19NO3S/c1-22-18(21)11-13-12-19(16-7-3-2-6-15(13)16)17(20)9-8-14-5-4-10-23-14/h2-7,10,13H,8-9,11-12H2,1H3. The Hall–Kier alpha value is -2.14. The molecule has 120 valence electrons. The van der Waals surface area contributed by atoms with Crippen molar-refractivity contribution >= 4 is 28.9 Å². The van der Waals surface area contributed by atoms with Gasteiger partial charge in [-0.3, -0.25) is 9.59 Å². The van der Waals surface area contributed by atoms with Gasteiger partial charge in [-0.1, -0.05) is 24.3 Å². The van der Waals surface area contributed by atoms with Crippen LogP contribution in [0.2, 0.25) is 0 Å². The van der Waals surface area contributed by atoms with E-state index in [9.17, 15) is 9.59 Å². The number of hydrogen-bond acceptors (Lipinski definition) is 4. The van der Waals surface area contributed by atoms with Crippen molar-refractivity contribution in [1.82, 2.24) is 0 Å². The van der Waals surface area contributed by atoms with Gasteiger partial charge in [0.25, 0.3) is 0 Å². The quantitative estimate of drug-likeness (QED) is 0.790. The fraction of sp³-hybridized carbons (Fsp3) is 0.333. The molecule has 0 saturated heterocycles. The first-order chi connectivity index (χ1) is 11.2. The van der Waals surface area contributed by atoms with Crippen LogP contribution in [0.5, 0.6) is 0 Å². The number of fused-ring (bicyclic) bond motifs is 1. The number of para-hydroxylation sites is 1. The van der Waals surface area contributed by atoms with E-state index in [2.05, 4.69) is 6.07 Å². The molecular weight excluding hydrogens is 310 g/mol. The van der Waals surface area contributed by atoms with E-state index in [-0.39, 0.29) is 17.8 Å². The second-order valence-corrected chi connectivity index (χ2v) is 6.65. The number of ether oxygens (including phenoxy) is 1. The molecule has 0 N–H and O–H groups in total. The van der Waals surface area contributed by atoms with E-state index < -0.39 is 0 Å². The Morgan fingerprint density at radius 2 is 2.09 bits per heavy atom. The summed E-state index contributed by atoms with van der Waals surface area (Å²) in [6, 6.07) is 11.9. The van der Waals surface area contributed by atoms with E-state index in [4.69, 9.17) is 4.74 Å². The highest BCUT2D eigenvalue weighted by Crippen LogP contribution is 2.38. The van der Waals surface area contributed by atoms with Crippen molar-refractivity contribution in [3.05, 3.63) is 52.2 Å². The molecule has 4 nitrogen and oxygen atoms in total. The maximum Gasteiger partial charge on any atom is 0.306 e. The summed E-state index contributed by atoms with van der Waals surface area (Å²) in [6.45, 7) is 0.553. The smallest absolute Gasteiger partial charge is 0.306 e. The number of thiophene rings is 1. The van der Waals surface area contributed by atoms with Crippen molar-refractivity contribution < 1.29 is 14.3 Å². The number of rotatable bonds is 5. The lowest BCUT2D eigenvalue weighted by Gasteiger charge is -2.17. The van der Waals surface area contributed by atoms with Gasteiger partial charge < -0.3 is 9.64 Å². The molecule has 2 aromatic rings. The highest BCUT2D eigenvalue weighted by molar-refractivity contribution is 7.09. The van der Waals surface area contributed by atoms with Crippen LogP contribution in [0.1, 0.15) is 29.2 Å². The number of aryl methyl sites for hydroxylation is 1. The fourth-order valence-corrected chi connectivity index (χ4v) is 3.72. The third kappa shape index (κ3) is 3.45. The van der Waals surface area contributed by atoms with Crippen molar-refractivity contribution in [1.29, 1.82) is 0 Å². The molecule has 1 aliphatic rings. The molecule has 0 radical (unpaired) electrons. The summed E-state index contributed by atoms with van der Waals surface area (Å²) >= 11 is 1.67. The first-order valence-corrected chi connectivity index (χ1v) is 8.55. The van der Waals surface area contributed by atoms with Crippen LogP contribution in [-0.2, 0) is 20.7 Å². The number of anilines is 1. The Labute approximate surface area is 139 Å². The number of nitrogens with zero attached hydrogens (tertiary/aromatic N) is 1. The van der Waals surface area contributed by atoms with Gasteiger partial charge in [-0.15, -0.1) is 11.3 Å². The number of benzene rings is 1. The molecule has 1 amide bonds. The van der Waals surface area contributed by atoms with Crippen LogP contribution >= 0.6 is 11.3 Å². The van der Waals surface area contributed by atoms with Gasteiger partial charge in [-0.05, 0) is 29.5 Å². The molecule has 1 unspecified atom stereocenters. The number of hydrogen-bond donors (Lipinski definition) is 0. The minimum atomic E-state index is -0.238. The van der Waals surface area contributed by atoms with E-state index in [0.29, 0.717) is 19.4 Å². The first-order valence-electron chi connectivity index (χ1n) is 7.67. The van der Waals surface area contributed by atoms with Crippen LogP contribution in [0.4, 0.5) is 5.69 Å². The Kier molecular flexibility index (Phi) is 4.76. The molecule has 0 bridgehead atoms. The highest BCUT2D eigenvalue weighted by Gasteiger charge is 2.33. The van der Waals surface area contributed by atoms with Crippen LogP contribution in [0, 0.1) is 0 Å². The lowest BCUT2D eigenvalue weighted by Crippen LogP contribution is -2.30. The van der Waals surface area contributed by atoms with Crippen LogP contribution < -0.4 is 4.90 Å². The Morgan fingerprint density at radius 3 is 2.83 bits per heavy atom. The van der Waals surface area contributed by atoms with E-state index in [1.807, 2.05) is 40.6 Å². The number of esters is 1. The molecule has 0 saturated carbocycles. The lowest BCUT2D eigenvalue weighted by molar-refractivity contribution is -0.141. The molecule has 1 aromatic carbocycles. The van der Waals surface area contributed by atoms with Crippen LogP contribution in [-0.4, -0.2) is 25.5 Å². The summed E-state index contributed by atoms with van der Waals surface area (Å²) < 4.78 is 4.78. The zero-order chi connectivity index (χ0) is 16.2. The third-order valence-corrected chi connectivity index (χ3v) is 5.11. The van der Waals surface area contributed by atoms with E-state index >= 15 is 0 Å². The molecule has 1 aliphatic heterocycles. The normalized spacial score (nSPS) is 16.2. The maximum absolute atomic E-state index is 12.6. The number of carbonyl (C=O) groups is 2. The Balaban J connectivity index is 1.72. The third-order valence-electron chi connectivity index (χ3n) is 4.18. The molecule has 23 heavy (non-hydrogen) atoms. The van der Waals surface area contributed by atoms with Gasteiger partial charge in [0, 0.05) is 29.4 Å². The van der Waals surface area contributed by atoms with Gasteiger partial charge in [0.05, 0.1) is 13.5 Å². The van der Waals surface area contributed by atoms with Crippen LogP contribution in [0.3, 0.4) is 0 Å². The minimum Gasteiger partial charge on any atom is -0.469 e. The van der Waals surface area contributed by atoms with Gasteiger partial charge in [0.15, 0.2) is 0 Å². The lowest BCUT2D eigenvalue weighted by atomic mass is 9.98. The summed E-state index contributed by atoms with van der Waals surface area (Å²) in [5.74, 6) is -0.111. The molecule has 0 fully saturated rings. The van der Waals surface area contributed by atoms with E-state index in [1.165, 1.54) is 12.0 Å². The number of amides is 1. The zero-order valence-electron chi connectivity index (χ0n) is 13.0. The van der Waals surface area contributed by atoms with Gasteiger partial charge in [0.2, 0.25) is 5.91 Å². The zero-order valence-corrected chi connectivity index (χ0v) is 13.8. The highest BCUT2D eigenvalue weighted by atomic mass is 32.1. The number of carbonyl (C=O) groups excluding carboxylic acids is 2. The Morgan fingerprint density at radius 1 is 1.26 bits per heavy atom.